The van der Waals surface area contributed by atoms with Gasteiger partial charge in [0, 0.05) is 19.8 Å². The van der Waals surface area contributed by atoms with Crippen LogP contribution in [0.15, 0.2) is 24.3 Å². The van der Waals surface area contributed by atoms with Crippen molar-refractivity contribution in [1.82, 2.24) is 0 Å². The van der Waals surface area contributed by atoms with Crippen molar-refractivity contribution >= 4 is 5.97 Å². The zero-order chi connectivity index (χ0) is 20.5. The maximum absolute atomic E-state index is 11.9. The van der Waals surface area contributed by atoms with Gasteiger partial charge >= 0.3 is 5.97 Å². The van der Waals surface area contributed by atoms with Crippen molar-refractivity contribution in [3.8, 4) is 5.75 Å². The fraction of sp³-hybridized carbons (Fsp3) is 0.696. The number of unbranched alkanes of at least 4 members (excludes halogenated alkanes) is 4. The van der Waals surface area contributed by atoms with Crippen LogP contribution in [0.25, 0.3) is 0 Å². The van der Waals surface area contributed by atoms with Gasteiger partial charge in [-0.05, 0) is 62.8 Å². The Kier molecular flexibility index (Phi) is 14.3. The summed E-state index contributed by atoms with van der Waals surface area (Å²) in [5.74, 6) is -0.221. The van der Waals surface area contributed by atoms with E-state index in [0.717, 1.165) is 51.9 Å². The number of ether oxygens (including phenoxy) is 3. The first kappa shape index (κ1) is 24.4. The molecule has 0 aromatic heterocycles. The monoisotopic (exact) mass is 394 g/mol. The first-order valence-electron chi connectivity index (χ1n) is 10.8. The molecule has 0 amide bonds. The van der Waals surface area contributed by atoms with E-state index in [1.807, 2.05) is 0 Å². The minimum atomic E-state index is -0.358. The summed E-state index contributed by atoms with van der Waals surface area (Å²) in [7, 11) is 0. The van der Waals surface area contributed by atoms with E-state index >= 15 is 0 Å². The van der Waals surface area contributed by atoms with Crippen molar-refractivity contribution in [3.63, 3.8) is 0 Å². The third kappa shape index (κ3) is 12.0. The Labute approximate surface area is 170 Å². The van der Waals surface area contributed by atoms with E-state index in [2.05, 4.69) is 13.8 Å². The number of phenols is 1. The van der Waals surface area contributed by atoms with Crippen LogP contribution in [0.3, 0.4) is 0 Å². The summed E-state index contributed by atoms with van der Waals surface area (Å²) >= 11 is 0. The summed E-state index contributed by atoms with van der Waals surface area (Å²) in [6.45, 7) is 7.17. The second-order valence-electron chi connectivity index (χ2n) is 7.11. The SMILES string of the molecule is CCCCCCOCCCCOC(CC)CCCOC(=O)c1ccc(O)cc1. The molecule has 5 nitrogen and oxygen atoms in total. The first-order valence-corrected chi connectivity index (χ1v) is 10.8. The van der Waals surface area contributed by atoms with Gasteiger partial charge in [-0.1, -0.05) is 33.1 Å². The maximum atomic E-state index is 11.9. The smallest absolute Gasteiger partial charge is 0.338 e. The van der Waals surface area contributed by atoms with Crippen molar-refractivity contribution < 1.29 is 24.1 Å². The molecule has 1 atom stereocenters. The van der Waals surface area contributed by atoms with E-state index in [-0.39, 0.29) is 17.8 Å². The lowest BCUT2D eigenvalue weighted by atomic mass is 10.1. The van der Waals surface area contributed by atoms with Crippen LogP contribution in [-0.4, -0.2) is 43.6 Å². The van der Waals surface area contributed by atoms with Gasteiger partial charge in [0.25, 0.3) is 0 Å². The predicted molar refractivity (Wildman–Crippen MR) is 112 cm³/mol. The van der Waals surface area contributed by atoms with Gasteiger partial charge in [0.05, 0.1) is 18.3 Å². The molecule has 0 saturated carbocycles. The maximum Gasteiger partial charge on any atom is 0.338 e. The van der Waals surface area contributed by atoms with Crippen LogP contribution in [0.5, 0.6) is 5.75 Å². The molecule has 0 bridgehead atoms. The molecule has 1 aromatic rings. The lowest BCUT2D eigenvalue weighted by Crippen LogP contribution is -2.15. The quantitative estimate of drug-likeness (QED) is 0.279. The van der Waals surface area contributed by atoms with Crippen molar-refractivity contribution in [1.29, 1.82) is 0 Å². The molecule has 0 aliphatic rings. The van der Waals surface area contributed by atoms with Crippen LogP contribution in [0.4, 0.5) is 0 Å². The number of phenolic OH excluding ortho intramolecular Hbond substituents is 1. The van der Waals surface area contributed by atoms with Crippen LogP contribution in [0.2, 0.25) is 0 Å². The van der Waals surface area contributed by atoms with Gasteiger partial charge in [0.2, 0.25) is 0 Å². The Balaban J connectivity index is 1.99. The Morgan fingerprint density at radius 3 is 2.25 bits per heavy atom. The van der Waals surface area contributed by atoms with E-state index in [0.29, 0.717) is 12.2 Å². The molecule has 1 unspecified atom stereocenters. The van der Waals surface area contributed by atoms with Crippen molar-refractivity contribution in [2.24, 2.45) is 0 Å². The van der Waals surface area contributed by atoms with Crippen molar-refractivity contribution in [3.05, 3.63) is 29.8 Å². The number of carbonyl (C=O) groups excluding carboxylic acids is 1. The number of rotatable bonds is 17. The molecule has 160 valence electrons. The zero-order valence-electron chi connectivity index (χ0n) is 17.7. The molecule has 0 heterocycles. The number of hydrogen-bond acceptors (Lipinski definition) is 5. The molecule has 0 aliphatic heterocycles. The second-order valence-corrected chi connectivity index (χ2v) is 7.11. The fourth-order valence-corrected chi connectivity index (χ4v) is 2.85. The van der Waals surface area contributed by atoms with Gasteiger partial charge in [0.15, 0.2) is 0 Å². The number of benzene rings is 1. The minimum Gasteiger partial charge on any atom is -0.508 e. The summed E-state index contributed by atoms with van der Waals surface area (Å²) in [5.41, 5.74) is 0.452. The van der Waals surface area contributed by atoms with Crippen LogP contribution >= 0.6 is 0 Å². The van der Waals surface area contributed by atoms with Gasteiger partial charge in [-0.3, -0.25) is 0 Å². The van der Waals surface area contributed by atoms with Gasteiger partial charge in [0.1, 0.15) is 5.75 Å². The molecule has 1 aromatic carbocycles. The van der Waals surface area contributed by atoms with E-state index in [9.17, 15) is 9.90 Å². The summed E-state index contributed by atoms with van der Waals surface area (Å²) in [5, 5.41) is 9.24. The highest BCUT2D eigenvalue weighted by Crippen LogP contribution is 2.12. The molecule has 0 aliphatic carbocycles. The number of carbonyl (C=O) groups is 1. The van der Waals surface area contributed by atoms with Gasteiger partial charge in [-0.25, -0.2) is 4.79 Å². The molecule has 0 saturated heterocycles. The molecule has 1 N–H and O–H groups in total. The Morgan fingerprint density at radius 2 is 1.57 bits per heavy atom. The van der Waals surface area contributed by atoms with Gasteiger partial charge in [-0.2, -0.15) is 0 Å². The number of esters is 1. The highest BCUT2D eigenvalue weighted by atomic mass is 16.5. The third-order valence-corrected chi connectivity index (χ3v) is 4.64. The average molecular weight is 395 g/mol. The van der Waals surface area contributed by atoms with Crippen LogP contribution in [0, 0.1) is 0 Å². The Morgan fingerprint density at radius 1 is 0.893 bits per heavy atom. The highest BCUT2D eigenvalue weighted by Gasteiger charge is 2.09. The van der Waals surface area contributed by atoms with Gasteiger partial charge < -0.3 is 19.3 Å². The fourth-order valence-electron chi connectivity index (χ4n) is 2.85. The van der Waals surface area contributed by atoms with Crippen LogP contribution in [-0.2, 0) is 14.2 Å². The number of aromatic hydroxyl groups is 1. The zero-order valence-corrected chi connectivity index (χ0v) is 17.7. The Hall–Kier alpha value is -1.59. The van der Waals surface area contributed by atoms with Crippen molar-refractivity contribution in [2.75, 3.05) is 26.4 Å². The molecule has 0 fully saturated rings. The van der Waals surface area contributed by atoms with Crippen LogP contribution in [0.1, 0.15) is 82.0 Å². The standard InChI is InChI=1S/C23H38O5/c1-3-5-6-7-16-26-17-8-9-18-27-22(4-2)11-10-19-28-23(25)20-12-14-21(24)15-13-20/h12-15,22,24H,3-11,16-19H2,1-2H3. The summed E-state index contributed by atoms with van der Waals surface area (Å²) in [6, 6.07) is 6.08. The number of hydrogen-bond donors (Lipinski definition) is 1. The topological polar surface area (TPSA) is 65.0 Å². The average Bonchev–Trinajstić information content (AvgIpc) is 2.71. The lowest BCUT2D eigenvalue weighted by Gasteiger charge is -2.16. The predicted octanol–water partition coefficient (Wildman–Crippen LogP) is 5.50. The summed E-state index contributed by atoms with van der Waals surface area (Å²) in [6.07, 6.45) is 9.87. The van der Waals surface area contributed by atoms with E-state index in [1.165, 1.54) is 37.8 Å². The largest absolute Gasteiger partial charge is 0.508 e. The highest BCUT2D eigenvalue weighted by molar-refractivity contribution is 5.89. The second kappa shape index (κ2) is 16.4. The van der Waals surface area contributed by atoms with E-state index < -0.39 is 0 Å². The lowest BCUT2D eigenvalue weighted by molar-refractivity contribution is 0.0271. The molecule has 28 heavy (non-hydrogen) atoms. The first-order chi connectivity index (χ1) is 13.7. The Bertz CT molecular complexity index is 500. The normalized spacial score (nSPS) is 12.1. The molecule has 1 rings (SSSR count). The van der Waals surface area contributed by atoms with Crippen molar-refractivity contribution in [2.45, 2.75) is 77.7 Å². The molecular formula is C23H38O5. The minimum absolute atomic E-state index is 0.137. The molecule has 5 heteroatoms. The molecule has 0 spiro atoms. The summed E-state index contributed by atoms with van der Waals surface area (Å²) < 4.78 is 16.8. The molecular weight excluding hydrogens is 356 g/mol. The summed E-state index contributed by atoms with van der Waals surface area (Å²) in [4.78, 5) is 11.9. The van der Waals surface area contributed by atoms with Gasteiger partial charge in [-0.15, -0.1) is 0 Å². The third-order valence-electron chi connectivity index (χ3n) is 4.64. The van der Waals surface area contributed by atoms with E-state index in [1.54, 1.807) is 12.1 Å². The van der Waals surface area contributed by atoms with E-state index in [4.69, 9.17) is 14.2 Å². The molecule has 0 radical (unpaired) electrons. The van der Waals surface area contributed by atoms with Crippen LogP contribution < -0.4 is 0 Å².